The van der Waals surface area contributed by atoms with E-state index in [0.717, 1.165) is 44.1 Å². The van der Waals surface area contributed by atoms with Crippen molar-refractivity contribution in [1.29, 1.82) is 0 Å². The number of piperidine rings is 1. The normalized spacial score (nSPS) is 20.1. The molecule has 1 saturated heterocycles. The van der Waals surface area contributed by atoms with Crippen LogP contribution >= 0.6 is 11.3 Å². The first-order valence-corrected chi connectivity index (χ1v) is 10.5. The first kappa shape index (κ1) is 19.9. The van der Waals surface area contributed by atoms with Crippen LogP contribution in [0.1, 0.15) is 67.3 Å². The van der Waals surface area contributed by atoms with E-state index in [9.17, 15) is 14.4 Å². The van der Waals surface area contributed by atoms with Gasteiger partial charge in [0.15, 0.2) is 0 Å². The van der Waals surface area contributed by atoms with Gasteiger partial charge in [-0.05, 0) is 44.1 Å². The number of carbonyl (C=O) groups is 3. The second-order valence-electron chi connectivity index (χ2n) is 8.61. The van der Waals surface area contributed by atoms with Crippen LogP contribution < -0.4 is 11.1 Å². The molecule has 27 heavy (non-hydrogen) atoms. The van der Waals surface area contributed by atoms with Gasteiger partial charge in [-0.15, -0.1) is 11.3 Å². The molecule has 1 atom stereocenters. The number of primary amides is 1. The fourth-order valence-corrected chi connectivity index (χ4v) is 5.28. The van der Waals surface area contributed by atoms with E-state index in [4.69, 9.17) is 5.73 Å². The molecule has 0 unspecified atom stereocenters. The fraction of sp³-hybridized carbons (Fsp3) is 0.650. The van der Waals surface area contributed by atoms with Crippen molar-refractivity contribution in [3.63, 3.8) is 0 Å². The molecule has 148 valence electrons. The topological polar surface area (TPSA) is 92.5 Å². The van der Waals surface area contributed by atoms with Gasteiger partial charge in [-0.2, -0.15) is 0 Å². The summed E-state index contributed by atoms with van der Waals surface area (Å²) in [5.41, 5.74) is 6.66. The molecule has 0 bridgehead atoms. The number of hydrogen-bond acceptors (Lipinski definition) is 4. The maximum absolute atomic E-state index is 12.9. The van der Waals surface area contributed by atoms with Crippen molar-refractivity contribution in [3.8, 4) is 0 Å². The summed E-state index contributed by atoms with van der Waals surface area (Å²) >= 11 is 1.48. The molecule has 1 aliphatic carbocycles. The molecule has 2 heterocycles. The number of nitrogens with two attached hydrogens (primary N) is 1. The maximum atomic E-state index is 12.9. The third kappa shape index (κ3) is 4.18. The summed E-state index contributed by atoms with van der Waals surface area (Å²) in [6, 6.07) is 0. The highest BCUT2D eigenvalue weighted by Gasteiger charge is 2.34. The summed E-state index contributed by atoms with van der Waals surface area (Å²) in [4.78, 5) is 40.4. The van der Waals surface area contributed by atoms with Gasteiger partial charge in [0.1, 0.15) is 5.00 Å². The first-order chi connectivity index (χ1) is 12.7. The van der Waals surface area contributed by atoms with Crippen molar-refractivity contribution in [1.82, 2.24) is 4.90 Å². The molecule has 0 aromatic carbocycles. The molecule has 1 aromatic heterocycles. The van der Waals surface area contributed by atoms with E-state index in [1.165, 1.54) is 16.2 Å². The summed E-state index contributed by atoms with van der Waals surface area (Å²) in [6.07, 6.45) is 5.49. The zero-order valence-electron chi connectivity index (χ0n) is 16.4. The molecule has 2 aliphatic rings. The minimum Gasteiger partial charge on any atom is -0.365 e. The third-order valence-electron chi connectivity index (χ3n) is 5.38. The van der Waals surface area contributed by atoms with Crippen molar-refractivity contribution in [2.24, 2.45) is 17.1 Å². The van der Waals surface area contributed by atoms with Crippen LogP contribution in [0.4, 0.5) is 5.00 Å². The molecule has 3 rings (SSSR count). The Labute approximate surface area is 164 Å². The molecule has 3 amide bonds. The van der Waals surface area contributed by atoms with Gasteiger partial charge in [0, 0.05) is 23.4 Å². The van der Waals surface area contributed by atoms with Gasteiger partial charge in [-0.25, -0.2) is 0 Å². The van der Waals surface area contributed by atoms with Gasteiger partial charge in [0.25, 0.3) is 5.91 Å². The predicted molar refractivity (Wildman–Crippen MR) is 107 cm³/mol. The van der Waals surface area contributed by atoms with Gasteiger partial charge >= 0.3 is 0 Å². The zero-order valence-corrected chi connectivity index (χ0v) is 17.2. The van der Waals surface area contributed by atoms with Crippen LogP contribution in [0.15, 0.2) is 0 Å². The van der Waals surface area contributed by atoms with Crippen LogP contribution in [0.5, 0.6) is 0 Å². The number of hydrogen-bond donors (Lipinski definition) is 2. The average Bonchev–Trinajstić information content (AvgIpc) is 2.98. The second-order valence-corrected chi connectivity index (χ2v) is 9.71. The summed E-state index contributed by atoms with van der Waals surface area (Å²) in [5, 5.41) is 3.54. The number of carbonyl (C=O) groups excluding carboxylic acids is 3. The lowest BCUT2D eigenvalue weighted by atomic mass is 9.91. The van der Waals surface area contributed by atoms with Crippen LogP contribution in [0.3, 0.4) is 0 Å². The molecule has 0 radical (unpaired) electrons. The Hall–Kier alpha value is -1.89. The smallest absolute Gasteiger partial charge is 0.251 e. The van der Waals surface area contributed by atoms with E-state index in [-0.39, 0.29) is 17.7 Å². The number of nitrogens with zero attached hydrogens (tertiary/aromatic N) is 1. The van der Waals surface area contributed by atoms with Crippen molar-refractivity contribution < 1.29 is 14.4 Å². The summed E-state index contributed by atoms with van der Waals surface area (Å²) in [6.45, 7) is 6.82. The van der Waals surface area contributed by atoms with E-state index in [1.54, 1.807) is 4.90 Å². The van der Waals surface area contributed by atoms with Crippen LogP contribution in [0.2, 0.25) is 0 Å². The average molecular weight is 392 g/mol. The molecule has 6 nitrogen and oxygen atoms in total. The van der Waals surface area contributed by atoms with Crippen LogP contribution in [0, 0.1) is 11.3 Å². The number of likely N-dealkylation sites (tertiary alicyclic amines) is 1. The Morgan fingerprint density at radius 3 is 2.52 bits per heavy atom. The van der Waals surface area contributed by atoms with Gasteiger partial charge in [-0.1, -0.05) is 20.8 Å². The molecule has 0 spiro atoms. The van der Waals surface area contributed by atoms with E-state index < -0.39 is 11.3 Å². The monoisotopic (exact) mass is 391 g/mol. The lowest BCUT2D eigenvalue weighted by molar-refractivity contribution is -0.142. The van der Waals surface area contributed by atoms with Crippen molar-refractivity contribution >= 4 is 34.1 Å². The number of aryl methyl sites for hydroxylation is 1. The lowest BCUT2D eigenvalue weighted by Crippen LogP contribution is -2.47. The van der Waals surface area contributed by atoms with Gasteiger partial charge in [-0.3, -0.25) is 14.4 Å². The molecule has 1 fully saturated rings. The molecule has 7 heteroatoms. The van der Waals surface area contributed by atoms with E-state index in [0.29, 0.717) is 23.7 Å². The van der Waals surface area contributed by atoms with Gasteiger partial charge < -0.3 is 16.0 Å². The Morgan fingerprint density at radius 1 is 1.15 bits per heavy atom. The standard InChI is InChI=1S/C20H29N3O3S/c1-20(2,3)19(26)23-10-6-7-12(11-23)17(25)22-18-15(16(21)24)13-8-4-5-9-14(13)27-18/h12H,4-11H2,1-3H3,(H2,21,24)(H,22,25)/t12-/m1/s1. The van der Waals surface area contributed by atoms with E-state index in [2.05, 4.69) is 5.32 Å². The Balaban J connectivity index is 1.75. The number of nitrogens with one attached hydrogen (secondary N) is 1. The molecular weight excluding hydrogens is 362 g/mol. The minimum absolute atomic E-state index is 0.0735. The van der Waals surface area contributed by atoms with Gasteiger partial charge in [0.2, 0.25) is 11.8 Å². The summed E-state index contributed by atoms with van der Waals surface area (Å²) in [7, 11) is 0. The molecule has 1 aliphatic heterocycles. The molecule has 1 aromatic rings. The largest absolute Gasteiger partial charge is 0.365 e. The number of thiophene rings is 1. The molecular formula is C20H29N3O3S. The number of fused-ring (bicyclic) bond motifs is 1. The van der Waals surface area contributed by atoms with Crippen LogP contribution in [0.25, 0.3) is 0 Å². The molecule has 0 saturated carbocycles. The van der Waals surface area contributed by atoms with Crippen molar-refractivity contribution in [2.45, 2.75) is 59.3 Å². The summed E-state index contributed by atoms with van der Waals surface area (Å²) in [5.74, 6) is -0.783. The minimum atomic E-state index is -0.474. The van der Waals surface area contributed by atoms with E-state index in [1.807, 2.05) is 20.8 Å². The SMILES string of the molecule is CC(C)(C)C(=O)N1CCC[C@@H](C(=O)Nc2sc3c(c2C(N)=O)CCCC3)C1. The van der Waals surface area contributed by atoms with Crippen molar-refractivity contribution in [2.75, 3.05) is 18.4 Å². The van der Waals surface area contributed by atoms with Crippen LogP contribution in [-0.2, 0) is 22.4 Å². The second kappa shape index (κ2) is 7.62. The first-order valence-electron chi connectivity index (χ1n) is 9.73. The Morgan fingerprint density at radius 2 is 1.85 bits per heavy atom. The Bertz CT molecular complexity index is 763. The third-order valence-corrected chi connectivity index (χ3v) is 6.58. The number of rotatable bonds is 3. The highest BCUT2D eigenvalue weighted by molar-refractivity contribution is 7.17. The van der Waals surface area contributed by atoms with Crippen LogP contribution in [-0.4, -0.2) is 35.7 Å². The zero-order chi connectivity index (χ0) is 19.8. The summed E-state index contributed by atoms with van der Waals surface area (Å²) < 4.78 is 0. The molecule has 3 N–H and O–H groups in total. The highest BCUT2D eigenvalue weighted by Crippen LogP contribution is 2.38. The predicted octanol–water partition coefficient (Wildman–Crippen LogP) is 2.95. The quantitative estimate of drug-likeness (QED) is 0.830. The lowest BCUT2D eigenvalue weighted by Gasteiger charge is -2.35. The number of anilines is 1. The number of amides is 3. The Kier molecular flexibility index (Phi) is 5.60. The highest BCUT2D eigenvalue weighted by atomic mass is 32.1. The van der Waals surface area contributed by atoms with E-state index >= 15 is 0 Å². The van der Waals surface area contributed by atoms with Crippen molar-refractivity contribution in [3.05, 3.63) is 16.0 Å². The maximum Gasteiger partial charge on any atom is 0.251 e. The van der Waals surface area contributed by atoms with Gasteiger partial charge in [0.05, 0.1) is 11.5 Å². The fourth-order valence-electron chi connectivity index (χ4n) is 3.98.